The van der Waals surface area contributed by atoms with Gasteiger partial charge in [0.2, 0.25) is 5.91 Å². The third kappa shape index (κ3) is 4.71. The van der Waals surface area contributed by atoms with Crippen molar-refractivity contribution in [1.29, 1.82) is 0 Å². The molecule has 4 nitrogen and oxygen atoms in total. The molecule has 1 heterocycles. The van der Waals surface area contributed by atoms with Crippen molar-refractivity contribution in [3.8, 4) is 0 Å². The van der Waals surface area contributed by atoms with Gasteiger partial charge in [0.25, 0.3) is 0 Å². The SMILES string of the molecule is C=CCN(CC1=CCCN(C)C1)C(=O)COC. The highest BCUT2D eigenvalue weighted by molar-refractivity contribution is 5.77. The predicted molar refractivity (Wildman–Crippen MR) is 68.9 cm³/mol. The number of methoxy groups -OCH3 is 1. The summed E-state index contributed by atoms with van der Waals surface area (Å²) in [5, 5.41) is 0. The first-order valence-corrected chi connectivity index (χ1v) is 5.91. The van der Waals surface area contributed by atoms with Crippen LogP contribution in [0.15, 0.2) is 24.3 Å². The van der Waals surface area contributed by atoms with Gasteiger partial charge >= 0.3 is 0 Å². The van der Waals surface area contributed by atoms with Gasteiger partial charge < -0.3 is 14.5 Å². The van der Waals surface area contributed by atoms with E-state index in [1.165, 1.54) is 12.7 Å². The predicted octanol–water partition coefficient (Wildman–Crippen LogP) is 0.909. The van der Waals surface area contributed by atoms with Gasteiger partial charge in [-0.15, -0.1) is 6.58 Å². The molecule has 0 unspecified atom stereocenters. The molecule has 0 atom stereocenters. The van der Waals surface area contributed by atoms with Crippen molar-refractivity contribution in [3.63, 3.8) is 0 Å². The van der Waals surface area contributed by atoms with Gasteiger partial charge in [0.15, 0.2) is 0 Å². The number of hydrogen-bond donors (Lipinski definition) is 0. The highest BCUT2D eigenvalue weighted by atomic mass is 16.5. The summed E-state index contributed by atoms with van der Waals surface area (Å²) in [6, 6.07) is 0. The van der Waals surface area contributed by atoms with E-state index in [-0.39, 0.29) is 12.5 Å². The van der Waals surface area contributed by atoms with Crippen LogP contribution in [0.4, 0.5) is 0 Å². The summed E-state index contributed by atoms with van der Waals surface area (Å²) >= 11 is 0. The van der Waals surface area contributed by atoms with Crippen molar-refractivity contribution in [1.82, 2.24) is 9.80 Å². The molecule has 0 aromatic rings. The van der Waals surface area contributed by atoms with Gasteiger partial charge in [-0.25, -0.2) is 0 Å². The smallest absolute Gasteiger partial charge is 0.249 e. The standard InChI is InChI=1S/C13H22N2O2/c1-4-7-15(13(16)11-17-3)10-12-6-5-8-14(2)9-12/h4,6H,1,5,7-11H2,2-3H3. The Morgan fingerprint density at radius 3 is 3.06 bits per heavy atom. The Hall–Kier alpha value is -1.13. The average molecular weight is 238 g/mol. The van der Waals surface area contributed by atoms with Crippen molar-refractivity contribution in [2.24, 2.45) is 0 Å². The molecule has 0 saturated heterocycles. The van der Waals surface area contributed by atoms with Gasteiger partial charge in [0, 0.05) is 33.3 Å². The van der Waals surface area contributed by atoms with Crippen LogP contribution in [0.1, 0.15) is 6.42 Å². The Morgan fingerprint density at radius 2 is 2.47 bits per heavy atom. The van der Waals surface area contributed by atoms with Crippen LogP contribution in [0.2, 0.25) is 0 Å². The molecule has 1 aliphatic heterocycles. The minimum absolute atomic E-state index is 0.0153. The molecule has 0 aliphatic carbocycles. The first kappa shape index (κ1) is 13.9. The molecule has 0 spiro atoms. The molecular weight excluding hydrogens is 216 g/mol. The first-order valence-electron chi connectivity index (χ1n) is 5.91. The molecule has 0 N–H and O–H groups in total. The summed E-state index contributed by atoms with van der Waals surface area (Å²) in [6.07, 6.45) is 5.04. The Morgan fingerprint density at radius 1 is 1.71 bits per heavy atom. The van der Waals surface area contributed by atoms with Crippen molar-refractivity contribution >= 4 is 5.91 Å². The quantitative estimate of drug-likeness (QED) is 0.645. The van der Waals surface area contributed by atoms with Crippen LogP contribution >= 0.6 is 0 Å². The number of carbonyl (C=O) groups excluding carboxylic acids is 1. The molecule has 0 bridgehead atoms. The third-order valence-electron chi connectivity index (χ3n) is 2.78. The Balaban J connectivity index is 2.56. The van der Waals surface area contributed by atoms with E-state index in [0.29, 0.717) is 13.1 Å². The zero-order valence-electron chi connectivity index (χ0n) is 10.8. The Labute approximate surface area is 104 Å². The molecule has 1 amide bonds. The lowest BCUT2D eigenvalue weighted by molar-refractivity contribution is -0.134. The first-order chi connectivity index (χ1) is 8.17. The molecule has 4 heteroatoms. The Kier molecular flexibility index (Phi) is 5.94. The maximum Gasteiger partial charge on any atom is 0.249 e. The monoisotopic (exact) mass is 238 g/mol. The van der Waals surface area contributed by atoms with Gasteiger partial charge in [-0.1, -0.05) is 12.2 Å². The van der Waals surface area contributed by atoms with E-state index < -0.39 is 0 Å². The van der Waals surface area contributed by atoms with E-state index in [1.807, 2.05) is 0 Å². The number of likely N-dealkylation sites (N-methyl/N-ethyl adjacent to an activating group) is 1. The summed E-state index contributed by atoms with van der Waals surface area (Å²) in [6.45, 7) is 7.11. The number of amides is 1. The second-order valence-electron chi connectivity index (χ2n) is 4.38. The maximum absolute atomic E-state index is 11.8. The normalized spacial score (nSPS) is 16.5. The number of rotatable bonds is 6. The summed E-state index contributed by atoms with van der Waals surface area (Å²) in [7, 11) is 3.64. The second-order valence-corrected chi connectivity index (χ2v) is 4.38. The number of hydrogen-bond acceptors (Lipinski definition) is 3. The fourth-order valence-corrected chi connectivity index (χ4v) is 1.96. The van der Waals surface area contributed by atoms with Crippen LogP contribution in [-0.2, 0) is 9.53 Å². The van der Waals surface area contributed by atoms with Crippen LogP contribution in [-0.4, -0.2) is 62.7 Å². The van der Waals surface area contributed by atoms with E-state index in [1.54, 1.807) is 11.0 Å². The van der Waals surface area contributed by atoms with Gasteiger partial charge in [-0.3, -0.25) is 4.79 Å². The molecule has 0 saturated carbocycles. The number of nitrogens with zero attached hydrogens (tertiary/aromatic N) is 2. The molecule has 0 radical (unpaired) electrons. The number of ether oxygens (including phenoxy) is 1. The van der Waals surface area contributed by atoms with Crippen molar-refractivity contribution in [3.05, 3.63) is 24.3 Å². The van der Waals surface area contributed by atoms with Gasteiger partial charge in [-0.05, 0) is 19.0 Å². The maximum atomic E-state index is 11.8. The molecule has 0 aromatic carbocycles. The molecule has 1 rings (SSSR count). The lowest BCUT2D eigenvalue weighted by Crippen LogP contribution is -2.38. The van der Waals surface area contributed by atoms with Crippen LogP contribution in [0, 0.1) is 0 Å². The zero-order chi connectivity index (χ0) is 12.7. The average Bonchev–Trinajstić information content (AvgIpc) is 2.29. The van der Waals surface area contributed by atoms with E-state index >= 15 is 0 Å². The topological polar surface area (TPSA) is 32.8 Å². The lowest BCUT2D eigenvalue weighted by Gasteiger charge is -2.28. The van der Waals surface area contributed by atoms with Crippen molar-refractivity contribution in [2.75, 3.05) is 46.9 Å². The summed E-state index contributed by atoms with van der Waals surface area (Å²) in [5.41, 5.74) is 1.30. The van der Waals surface area contributed by atoms with Crippen LogP contribution in [0.3, 0.4) is 0 Å². The minimum atomic E-state index is 0.0153. The summed E-state index contributed by atoms with van der Waals surface area (Å²) in [5.74, 6) is 0.0153. The highest BCUT2D eigenvalue weighted by Crippen LogP contribution is 2.09. The van der Waals surface area contributed by atoms with E-state index in [4.69, 9.17) is 4.74 Å². The summed E-state index contributed by atoms with van der Waals surface area (Å²) < 4.78 is 4.89. The van der Waals surface area contributed by atoms with E-state index in [2.05, 4.69) is 24.6 Å². The molecule has 0 aromatic heterocycles. The third-order valence-corrected chi connectivity index (χ3v) is 2.78. The van der Waals surface area contributed by atoms with Crippen molar-refractivity contribution < 1.29 is 9.53 Å². The van der Waals surface area contributed by atoms with Gasteiger partial charge in [-0.2, -0.15) is 0 Å². The van der Waals surface area contributed by atoms with Crippen LogP contribution in [0.25, 0.3) is 0 Å². The molecule has 17 heavy (non-hydrogen) atoms. The summed E-state index contributed by atoms with van der Waals surface area (Å²) in [4.78, 5) is 15.8. The minimum Gasteiger partial charge on any atom is -0.375 e. The molecule has 96 valence electrons. The fourth-order valence-electron chi connectivity index (χ4n) is 1.96. The van der Waals surface area contributed by atoms with Gasteiger partial charge in [0.05, 0.1) is 0 Å². The number of carbonyl (C=O) groups is 1. The fraction of sp³-hybridized carbons (Fsp3) is 0.615. The van der Waals surface area contributed by atoms with Crippen molar-refractivity contribution in [2.45, 2.75) is 6.42 Å². The van der Waals surface area contributed by atoms with E-state index in [9.17, 15) is 4.79 Å². The van der Waals surface area contributed by atoms with Crippen LogP contribution in [0.5, 0.6) is 0 Å². The lowest BCUT2D eigenvalue weighted by atomic mass is 10.1. The zero-order valence-corrected chi connectivity index (χ0v) is 10.8. The van der Waals surface area contributed by atoms with Gasteiger partial charge in [0.1, 0.15) is 6.61 Å². The Bertz CT molecular complexity index is 300. The largest absolute Gasteiger partial charge is 0.375 e. The van der Waals surface area contributed by atoms with Crippen LogP contribution < -0.4 is 0 Å². The molecule has 1 aliphatic rings. The second kappa shape index (κ2) is 7.25. The highest BCUT2D eigenvalue weighted by Gasteiger charge is 2.16. The van der Waals surface area contributed by atoms with E-state index in [0.717, 1.165) is 19.5 Å². The molecular formula is C13H22N2O2. The molecule has 0 fully saturated rings.